The lowest BCUT2D eigenvalue weighted by Gasteiger charge is -2.35. The third-order valence-electron chi connectivity index (χ3n) is 9.85. The minimum Gasteiger partial charge on any atom is -0.507 e. The van der Waals surface area contributed by atoms with Gasteiger partial charge in [-0.3, -0.25) is 9.98 Å². The topological polar surface area (TPSA) is 74.4 Å². The van der Waals surface area contributed by atoms with E-state index in [9.17, 15) is 10.2 Å². The van der Waals surface area contributed by atoms with Crippen LogP contribution in [0.25, 0.3) is 0 Å². The average Bonchev–Trinajstić information content (AvgIpc) is 2.98. The molecule has 0 amide bonds. The predicted molar refractivity (Wildman–Crippen MR) is 211 cm³/mol. The fourth-order valence-electron chi connectivity index (χ4n) is 6.50. The minimum absolute atomic E-state index is 0.102. The molecule has 50 heavy (non-hydrogen) atoms. The van der Waals surface area contributed by atoms with Crippen LogP contribution in [0.2, 0.25) is 0 Å². The lowest BCUT2D eigenvalue weighted by molar-refractivity contribution is 0.420. The van der Waals surface area contributed by atoms with Crippen LogP contribution in [-0.2, 0) is 27.1 Å². The number of ether oxygens (including phenoxy) is 1. The van der Waals surface area contributed by atoms with Crippen LogP contribution in [0.4, 0.5) is 11.4 Å². The van der Waals surface area contributed by atoms with E-state index in [1.807, 2.05) is 36.4 Å². The third-order valence-corrected chi connectivity index (χ3v) is 9.85. The van der Waals surface area contributed by atoms with Crippen LogP contribution in [0.15, 0.2) is 70.6 Å². The van der Waals surface area contributed by atoms with E-state index in [4.69, 9.17) is 14.7 Å². The first kappa shape index (κ1) is 36.9. The average molecular weight is 673 g/mol. The van der Waals surface area contributed by atoms with Crippen molar-refractivity contribution >= 4 is 23.8 Å². The fourth-order valence-corrected chi connectivity index (χ4v) is 6.50. The van der Waals surface area contributed by atoms with Crippen molar-refractivity contribution in [1.82, 2.24) is 0 Å². The van der Waals surface area contributed by atoms with Crippen molar-refractivity contribution in [3.63, 3.8) is 0 Å². The van der Waals surface area contributed by atoms with Crippen LogP contribution < -0.4 is 4.74 Å². The number of phenols is 2. The lowest BCUT2D eigenvalue weighted by Crippen LogP contribution is -2.24. The summed E-state index contributed by atoms with van der Waals surface area (Å²) in [5.41, 5.74) is 7.70. The maximum atomic E-state index is 11.4. The molecule has 2 N–H and O–H groups in total. The summed E-state index contributed by atoms with van der Waals surface area (Å²) in [7, 11) is 0. The van der Waals surface area contributed by atoms with Gasteiger partial charge in [0.25, 0.3) is 0 Å². The molecule has 0 atom stereocenters. The number of benzene rings is 4. The summed E-state index contributed by atoms with van der Waals surface area (Å²) >= 11 is 0. The highest BCUT2D eigenvalue weighted by Gasteiger charge is 2.37. The molecule has 5 rings (SSSR count). The van der Waals surface area contributed by atoms with Crippen LogP contribution in [0.5, 0.6) is 23.0 Å². The summed E-state index contributed by atoms with van der Waals surface area (Å²) in [6, 6.07) is 20.4. The fraction of sp³-hybridized carbons (Fsp3) is 0.422. The highest BCUT2D eigenvalue weighted by atomic mass is 16.5. The van der Waals surface area contributed by atoms with Gasteiger partial charge >= 0.3 is 0 Å². The van der Waals surface area contributed by atoms with Gasteiger partial charge in [-0.1, -0.05) is 133 Å². The molecule has 0 saturated carbocycles. The number of para-hydroxylation sites is 2. The molecule has 5 heteroatoms. The highest BCUT2D eigenvalue weighted by Crippen LogP contribution is 2.54. The molecular weight excluding hydrogens is 617 g/mol. The van der Waals surface area contributed by atoms with Crippen LogP contribution >= 0.6 is 0 Å². The smallest absolute Gasteiger partial charge is 0.157 e. The van der Waals surface area contributed by atoms with Crippen molar-refractivity contribution in [2.45, 2.75) is 124 Å². The van der Waals surface area contributed by atoms with E-state index in [2.05, 4.69) is 121 Å². The predicted octanol–water partition coefficient (Wildman–Crippen LogP) is 12.2. The summed E-state index contributed by atoms with van der Waals surface area (Å²) in [6.07, 6.45) is 3.51. The number of fused-ring (bicyclic) bond motifs is 2. The number of rotatable bonds is 4. The zero-order valence-corrected chi connectivity index (χ0v) is 32.6. The van der Waals surface area contributed by atoms with Crippen molar-refractivity contribution in [2.75, 3.05) is 0 Å². The van der Waals surface area contributed by atoms with Gasteiger partial charge in [0.2, 0.25) is 0 Å². The maximum absolute atomic E-state index is 11.4. The molecule has 1 aliphatic rings. The zero-order chi connectivity index (χ0) is 37.2. The van der Waals surface area contributed by atoms with Gasteiger partial charge in [0, 0.05) is 51.2 Å². The molecule has 264 valence electrons. The Morgan fingerprint density at radius 2 is 0.900 bits per heavy atom. The van der Waals surface area contributed by atoms with Crippen LogP contribution in [-0.4, -0.2) is 22.6 Å². The summed E-state index contributed by atoms with van der Waals surface area (Å²) in [4.78, 5) is 9.91. The Morgan fingerprint density at radius 3 is 1.22 bits per heavy atom. The van der Waals surface area contributed by atoms with E-state index in [0.717, 1.165) is 33.4 Å². The van der Waals surface area contributed by atoms with Gasteiger partial charge in [0.05, 0.1) is 0 Å². The first-order chi connectivity index (χ1) is 22.9. The van der Waals surface area contributed by atoms with E-state index in [1.165, 1.54) is 0 Å². The van der Waals surface area contributed by atoms with Crippen LogP contribution in [0.1, 0.15) is 141 Å². The van der Waals surface area contributed by atoms with Gasteiger partial charge in [0.1, 0.15) is 22.9 Å². The number of phenolic OH excluding ortho intramolecular Hbond substituents is 2. The zero-order valence-electron chi connectivity index (χ0n) is 32.6. The lowest BCUT2D eigenvalue weighted by atomic mass is 9.75. The first-order valence-corrected chi connectivity index (χ1v) is 17.7. The summed E-state index contributed by atoms with van der Waals surface area (Å²) < 4.78 is 6.77. The quantitative estimate of drug-likeness (QED) is 0.212. The second-order valence-electron chi connectivity index (χ2n) is 18.5. The second-order valence-corrected chi connectivity index (χ2v) is 18.5. The SMILES string of the molecule is CC(C)(C)c1cc(C=Nc2cccc3c2Oc2c(N=Cc4cc(C(C)(C)C)cc(C(C)(C)C)c4O)cccc2C3(C)C)c(O)c(C(C)(C)C)c1. The Balaban J connectivity index is 1.61. The van der Waals surface area contributed by atoms with E-state index in [0.29, 0.717) is 34.0 Å². The van der Waals surface area contributed by atoms with Crippen LogP contribution in [0, 0.1) is 0 Å². The van der Waals surface area contributed by atoms with Crippen LogP contribution in [0.3, 0.4) is 0 Å². The molecule has 1 heterocycles. The van der Waals surface area contributed by atoms with Crippen molar-refractivity contribution < 1.29 is 14.9 Å². The molecule has 0 unspecified atom stereocenters. The number of aliphatic imine (C=N–C) groups is 2. The Labute approximate surface area is 300 Å². The van der Waals surface area contributed by atoms with Gasteiger partial charge < -0.3 is 14.9 Å². The van der Waals surface area contributed by atoms with Crippen molar-refractivity contribution in [3.05, 3.63) is 105 Å². The largest absolute Gasteiger partial charge is 0.507 e. The Bertz CT molecular complexity index is 1860. The number of nitrogens with zero attached hydrogens (tertiary/aromatic N) is 2. The Hall–Kier alpha value is -4.38. The van der Waals surface area contributed by atoms with Crippen molar-refractivity contribution in [3.8, 4) is 23.0 Å². The summed E-state index contributed by atoms with van der Waals surface area (Å²) in [5, 5.41) is 22.8. The molecule has 0 bridgehead atoms. The van der Waals surface area contributed by atoms with Crippen molar-refractivity contribution in [1.29, 1.82) is 0 Å². The molecule has 4 aromatic rings. The maximum Gasteiger partial charge on any atom is 0.157 e. The monoisotopic (exact) mass is 672 g/mol. The molecule has 0 aromatic heterocycles. The van der Waals surface area contributed by atoms with E-state index < -0.39 is 5.41 Å². The standard InChI is InChI=1S/C45H56N2O3/c1-41(2,3)29-21-27(37(48)33(23-29)43(7,8)9)25-46-35-19-15-17-31-39(35)50-40-32(45(31,13)14)18-16-20-36(40)47-26-28-22-30(42(4,5)6)24-34(38(28)49)44(10,11)12/h15-26,48-49H,1-14H3. The molecule has 0 saturated heterocycles. The molecule has 0 aliphatic carbocycles. The first-order valence-electron chi connectivity index (χ1n) is 17.7. The molecule has 0 radical (unpaired) electrons. The van der Waals surface area contributed by atoms with Gasteiger partial charge in [-0.2, -0.15) is 0 Å². The number of aromatic hydroxyl groups is 2. The van der Waals surface area contributed by atoms with Gasteiger partial charge in [0.15, 0.2) is 11.5 Å². The Morgan fingerprint density at radius 1 is 0.540 bits per heavy atom. The van der Waals surface area contributed by atoms with Crippen molar-refractivity contribution in [2.24, 2.45) is 9.98 Å². The highest BCUT2D eigenvalue weighted by molar-refractivity contribution is 5.89. The van der Waals surface area contributed by atoms with Gasteiger partial charge in [-0.05, 0) is 57.1 Å². The van der Waals surface area contributed by atoms with E-state index in [1.54, 1.807) is 12.4 Å². The Kier molecular flexibility index (Phi) is 9.18. The third kappa shape index (κ3) is 7.10. The molecule has 5 nitrogen and oxygen atoms in total. The molecule has 4 aromatic carbocycles. The second kappa shape index (κ2) is 12.4. The molecule has 0 spiro atoms. The number of hydrogen-bond acceptors (Lipinski definition) is 5. The van der Waals surface area contributed by atoms with Gasteiger partial charge in [-0.25, -0.2) is 0 Å². The summed E-state index contributed by atoms with van der Waals surface area (Å²) in [5.74, 6) is 1.82. The van der Waals surface area contributed by atoms with E-state index >= 15 is 0 Å². The molecule has 1 aliphatic heterocycles. The minimum atomic E-state index is -0.401. The molecular formula is C45H56N2O3. The van der Waals surface area contributed by atoms with E-state index in [-0.39, 0.29) is 33.2 Å². The summed E-state index contributed by atoms with van der Waals surface area (Å²) in [6.45, 7) is 30.1. The normalized spacial score (nSPS) is 14.9. The molecule has 0 fully saturated rings. The number of hydrogen-bond donors (Lipinski definition) is 2. The van der Waals surface area contributed by atoms with Gasteiger partial charge in [-0.15, -0.1) is 0 Å².